The van der Waals surface area contributed by atoms with Crippen LogP contribution in [0.2, 0.25) is 0 Å². The molecular formula is C14H22N2O. The van der Waals surface area contributed by atoms with Gasteiger partial charge in [0.1, 0.15) is 5.75 Å². The number of hydrogen-bond donors (Lipinski definition) is 3. The van der Waals surface area contributed by atoms with Crippen LogP contribution >= 0.6 is 0 Å². The molecule has 94 valence electrons. The highest BCUT2D eigenvalue weighted by molar-refractivity contribution is 5.34. The zero-order valence-electron chi connectivity index (χ0n) is 10.2. The van der Waals surface area contributed by atoms with Gasteiger partial charge < -0.3 is 16.2 Å². The molecule has 1 unspecified atom stereocenters. The quantitative estimate of drug-likeness (QED) is 0.749. The molecule has 0 amide bonds. The van der Waals surface area contributed by atoms with Crippen LogP contribution in [-0.2, 0) is 0 Å². The summed E-state index contributed by atoms with van der Waals surface area (Å²) in [6, 6.07) is 8.08. The van der Waals surface area contributed by atoms with Crippen molar-refractivity contribution in [2.24, 2.45) is 5.73 Å². The van der Waals surface area contributed by atoms with E-state index in [2.05, 4.69) is 5.32 Å². The summed E-state index contributed by atoms with van der Waals surface area (Å²) >= 11 is 0. The van der Waals surface area contributed by atoms with Crippen LogP contribution in [0.5, 0.6) is 5.75 Å². The van der Waals surface area contributed by atoms with Crippen LogP contribution in [0.4, 0.5) is 0 Å². The largest absolute Gasteiger partial charge is 0.508 e. The summed E-state index contributed by atoms with van der Waals surface area (Å²) in [5.74, 6) is 0.339. The van der Waals surface area contributed by atoms with Crippen molar-refractivity contribution >= 4 is 0 Å². The van der Waals surface area contributed by atoms with Crippen LogP contribution in [-0.4, -0.2) is 17.7 Å². The van der Waals surface area contributed by atoms with E-state index >= 15 is 0 Å². The van der Waals surface area contributed by atoms with Crippen LogP contribution in [0.15, 0.2) is 24.3 Å². The van der Waals surface area contributed by atoms with Gasteiger partial charge in [-0.05, 0) is 18.9 Å². The van der Waals surface area contributed by atoms with E-state index in [4.69, 9.17) is 5.73 Å². The molecule has 0 bridgehead atoms. The molecule has 17 heavy (non-hydrogen) atoms. The highest BCUT2D eigenvalue weighted by atomic mass is 16.3. The second kappa shape index (κ2) is 6.03. The van der Waals surface area contributed by atoms with E-state index in [-0.39, 0.29) is 6.04 Å². The Balaban J connectivity index is 2.03. The first-order chi connectivity index (χ1) is 8.31. The van der Waals surface area contributed by atoms with Gasteiger partial charge in [0, 0.05) is 24.2 Å². The molecule has 1 saturated carbocycles. The van der Waals surface area contributed by atoms with Gasteiger partial charge in [-0.3, -0.25) is 0 Å². The zero-order valence-corrected chi connectivity index (χ0v) is 10.2. The van der Waals surface area contributed by atoms with E-state index in [0.29, 0.717) is 18.3 Å². The predicted molar refractivity (Wildman–Crippen MR) is 69.9 cm³/mol. The summed E-state index contributed by atoms with van der Waals surface area (Å²) < 4.78 is 0. The van der Waals surface area contributed by atoms with Crippen LogP contribution in [0.3, 0.4) is 0 Å². The Hall–Kier alpha value is -1.06. The van der Waals surface area contributed by atoms with Crippen LogP contribution < -0.4 is 11.1 Å². The summed E-state index contributed by atoms with van der Waals surface area (Å²) in [6.45, 7) is 0.522. The average molecular weight is 234 g/mol. The number of aromatic hydroxyl groups is 1. The number of para-hydroxylation sites is 1. The second-order valence-corrected chi connectivity index (χ2v) is 4.85. The van der Waals surface area contributed by atoms with Crippen molar-refractivity contribution in [1.29, 1.82) is 0 Å². The summed E-state index contributed by atoms with van der Waals surface area (Å²) in [5.41, 5.74) is 6.73. The van der Waals surface area contributed by atoms with Gasteiger partial charge in [0.05, 0.1) is 0 Å². The number of nitrogens with one attached hydrogen (secondary N) is 1. The van der Waals surface area contributed by atoms with E-state index in [0.717, 1.165) is 5.56 Å². The van der Waals surface area contributed by atoms with Crippen LogP contribution in [0.1, 0.15) is 43.7 Å². The Morgan fingerprint density at radius 2 is 1.94 bits per heavy atom. The van der Waals surface area contributed by atoms with Crippen molar-refractivity contribution in [2.45, 2.75) is 44.2 Å². The van der Waals surface area contributed by atoms with Crippen LogP contribution in [0, 0.1) is 0 Å². The molecule has 0 aromatic heterocycles. The average Bonchev–Trinajstić information content (AvgIpc) is 2.38. The Morgan fingerprint density at radius 1 is 1.24 bits per heavy atom. The summed E-state index contributed by atoms with van der Waals surface area (Å²) in [5, 5.41) is 13.4. The number of phenols is 1. The number of rotatable bonds is 4. The SMILES string of the molecule is NCC(NC1CCCCC1)c1ccccc1O. The molecule has 0 heterocycles. The highest BCUT2D eigenvalue weighted by Gasteiger charge is 2.19. The number of benzene rings is 1. The molecule has 1 atom stereocenters. The van der Waals surface area contributed by atoms with Gasteiger partial charge in [-0.25, -0.2) is 0 Å². The standard InChI is InChI=1S/C14H22N2O/c15-10-13(12-8-4-5-9-14(12)17)16-11-6-2-1-3-7-11/h4-5,8-9,11,13,16-17H,1-3,6-7,10,15H2. The molecular weight excluding hydrogens is 212 g/mol. The first-order valence-electron chi connectivity index (χ1n) is 6.55. The molecule has 0 spiro atoms. The lowest BCUT2D eigenvalue weighted by Crippen LogP contribution is -2.37. The zero-order chi connectivity index (χ0) is 12.1. The topological polar surface area (TPSA) is 58.3 Å². The minimum atomic E-state index is 0.0688. The van der Waals surface area contributed by atoms with E-state index in [1.807, 2.05) is 18.2 Å². The summed E-state index contributed by atoms with van der Waals surface area (Å²) in [4.78, 5) is 0. The molecule has 1 aromatic carbocycles. The lowest BCUT2D eigenvalue weighted by atomic mass is 9.94. The maximum absolute atomic E-state index is 9.85. The third-order valence-corrected chi connectivity index (χ3v) is 3.59. The molecule has 1 aromatic rings. The molecule has 1 fully saturated rings. The van der Waals surface area contributed by atoms with E-state index in [9.17, 15) is 5.11 Å². The fraction of sp³-hybridized carbons (Fsp3) is 0.571. The van der Waals surface area contributed by atoms with Crippen molar-refractivity contribution in [2.75, 3.05) is 6.54 Å². The van der Waals surface area contributed by atoms with Crippen molar-refractivity contribution in [3.05, 3.63) is 29.8 Å². The fourth-order valence-electron chi connectivity index (χ4n) is 2.62. The normalized spacial score (nSPS) is 19.1. The monoisotopic (exact) mass is 234 g/mol. The minimum Gasteiger partial charge on any atom is -0.508 e. The van der Waals surface area contributed by atoms with E-state index in [1.165, 1.54) is 32.1 Å². The van der Waals surface area contributed by atoms with E-state index in [1.54, 1.807) is 6.07 Å². The highest BCUT2D eigenvalue weighted by Crippen LogP contribution is 2.26. The van der Waals surface area contributed by atoms with Crippen LogP contribution in [0.25, 0.3) is 0 Å². The number of nitrogens with two attached hydrogens (primary N) is 1. The summed E-state index contributed by atoms with van der Waals surface area (Å²) in [7, 11) is 0. The molecule has 3 nitrogen and oxygen atoms in total. The van der Waals surface area contributed by atoms with Gasteiger partial charge in [0.2, 0.25) is 0 Å². The van der Waals surface area contributed by atoms with E-state index < -0.39 is 0 Å². The molecule has 1 aliphatic rings. The Morgan fingerprint density at radius 3 is 2.59 bits per heavy atom. The summed E-state index contributed by atoms with van der Waals surface area (Å²) in [6.07, 6.45) is 6.40. The molecule has 1 aliphatic carbocycles. The molecule has 2 rings (SSSR count). The Kier molecular flexibility index (Phi) is 4.40. The van der Waals surface area contributed by atoms with Gasteiger partial charge >= 0.3 is 0 Å². The molecule has 3 heteroatoms. The molecule has 0 radical (unpaired) electrons. The second-order valence-electron chi connectivity index (χ2n) is 4.85. The number of hydrogen-bond acceptors (Lipinski definition) is 3. The Labute approximate surface area is 103 Å². The Bertz CT molecular complexity index is 348. The van der Waals surface area contributed by atoms with Gasteiger partial charge in [-0.1, -0.05) is 37.5 Å². The first-order valence-corrected chi connectivity index (χ1v) is 6.55. The lowest BCUT2D eigenvalue weighted by molar-refractivity contribution is 0.335. The number of phenolic OH excluding ortho intramolecular Hbond substituents is 1. The minimum absolute atomic E-state index is 0.0688. The third-order valence-electron chi connectivity index (χ3n) is 3.59. The predicted octanol–water partition coefficient (Wildman–Crippen LogP) is 2.31. The van der Waals surface area contributed by atoms with Gasteiger partial charge in [-0.2, -0.15) is 0 Å². The molecule has 0 aliphatic heterocycles. The van der Waals surface area contributed by atoms with Gasteiger partial charge in [-0.15, -0.1) is 0 Å². The first kappa shape index (κ1) is 12.4. The van der Waals surface area contributed by atoms with Crippen molar-refractivity contribution in [3.63, 3.8) is 0 Å². The maximum atomic E-state index is 9.85. The van der Waals surface area contributed by atoms with Crippen molar-refractivity contribution in [3.8, 4) is 5.75 Å². The smallest absolute Gasteiger partial charge is 0.120 e. The van der Waals surface area contributed by atoms with Gasteiger partial charge in [0.15, 0.2) is 0 Å². The fourth-order valence-corrected chi connectivity index (χ4v) is 2.62. The van der Waals surface area contributed by atoms with Crippen molar-refractivity contribution in [1.82, 2.24) is 5.32 Å². The lowest BCUT2D eigenvalue weighted by Gasteiger charge is -2.28. The third kappa shape index (κ3) is 3.20. The van der Waals surface area contributed by atoms with Gasteiger partial charge in [0.25, 0.3) is 0 Å². The van der Waals surface area contributed by atoms with Crippen molar-refractivity contribution < 1.29 is 5.11 Å². The molecule has 4 N–H and O–H groups in total. The molecule has 0 saturated heterocycles. The maximum Gasteiger partial charge on any atom is 0.120 e.